The predicted molar refractivity (Wildman–Crippen MR) is 116 cm³/mol. The van der Waals surface area contributed by atoms with Gasteiger partial charge < -0.3 is 0 Å². The Balaban J connectivity index is 1.66. The molecule has 0 bridgehead atoms. The van der Waals surface area contributed by atoms with Crippen LogP contribution in [0.4, 0.5) is 0 Å². The second kappa shape index (κ2) is 9.06. The van der Waals surface area contributed by atoms with Crippen molar-refractivity contribution in [2.75, 3.05) is 6.54 Å². The van der Waals surface area contributed by atoms with Gasteiger partial charge in [0.1, 0.15) is 0 Å². The van der Waals surface area contributed by atoms with E-state index in [1.165, 1.54) is 5.56 Å². The number of hydrogen-bond donors (Lipinski definition) is 0. The number of hydrogen-bond acceptors (Lipinski definition) is 4. The molecule has 0 N–H and O–H groups in total. The van der Waals surface area contributed by atoms with E-state index < -0.39 is 0 Å². The number of benzene rings is 2. The molecule has 4 aromatic rings. The predicted octanol–water partition coefficient (Wildman–Crippen LogP) is 4.64. The highest BCUT2D eigenvalue weighted by molar-refractivity contribution is 7.07. The summed E-state index contributed by atoms with van der Waals surface area (Å²) >= 11 is 1.60. The Hall–Kier alpha value is -3.31. The smallest absolute Gasteiger partial charge is 0.206 e. The number of thiazole rings is 1. The van der Waals surface area contributed by atoms with Gasteiger partial charge >= 0.3 is 0 Å². The van der Waals surface area contributed by atoms with Crippen molar-refractivity contribution in [1.82, 2.24) is 9.66 Å². The molecule has 4 rings (SSSR count). The second-order valence-corrected chi connectivity index (χ2v) is 7.03. The Labute approximate surface area is 168 Å². The molecule has 0 aliphatic rings. The van der Waals surface area contributed by atoms with Crippen molar-refractivity contribution in [3.05, 3.63) is 106 Å². The third kappa shape index (κ3) is 4.50. The molecule has 0 fully saturated rings. The van der Waals surface area contributed by atoms with Gasteiger partial charge in [-0.3, -0.25) is 9.98 Å². The van der Waals surface area contributed by atoms with Crippen LogP contribution >= 0.6 is 11.3 Å². The molecule has 2 aromatic heterocycles. The molecule has 138 valence electrons. The molecule has 4 nitrogen and oxygen atoms in total. The molecule has 0 atom stereocenters. The third-order valence-corrected chi connectivity index (χ3v) is 5.09. The summed E-state index contributed by atoms with van der Waals surface area (Å²) in [4.78, 5) is 10.0. The molecule has 28 heavy (non-hydrogen) atoms. The van der Waals surface area contributed by atoms with Gasteiger partial charge in [-0.15, -0.1) is 11.3 Å². The Morgan fingerprint density at radius 2 is 1.64 bits per heavy atom. The summed E-state index contributed by atoms with van der Waals surface area (Å²) in [6.45, 7) is 0.720. The fourth-order valence-corrected chi connectivity index (χ4v) is 3.69. The number of aromatic nitrogens is 2. The van der Waals surface area contributed by atoms with E-state index >= 15 is 0 Å². The van der Waals surface area contributed by atoms with Crippen molar-refractivity contribution in [2.24, 2.45) is 10.1 Å². The first-order chi connectivity index (χ1) is 13.9. The van der Waals surface area contributed by atoms with Gasteiger partial charge in [0.25, 0.3) is 0 Å². The maximum absolute atomic E-state index is 4.81. The Kier molecular flexibility index (Phi) is 5.85. The lowest BCUT2D eigenvalue weighted by atomic mass is 10.2. The van der Waals surface area contributed by atoms with E-state index in [0.29, 0.717) is 0 Å². The molecule has 0 radical (unpaired) electrons. The van der Waals surface area contributed by atoms with Gasteiger partial charge in [-0.25, -0.2) is 4.68 Å². The van der Waals surface area contributed by atoms with E-state index in [0.717, 1.165) is 34.7 Å². The summed E-state index contributed by atoms with van der Waals surface area (Å²) in [6.07, 6.45) is 4.45. The van der Waals surface area contributed by atoms with E-state index in [1.807, 2.05) is 47.1 Å². The zero-order valence-electron chi connectivity index (χ0n) is 15.3. The lowest BCUT2D eigenvalue weighted by Gasteiger charge is -2.03. The third-order valence-electron chi connectivity index (χ3n) is 4.24. The molecular weight excluding hydrogens is 364 g/mol. The highest BCUT2D eigenvalue weighted by Crippen LogP contribution is 2.19. The van der Waals surface area contributed by atoms with E-state index in [2.05, 4.69) is 51.9 Å². The van der Waals surface area contributed by atoms with Crippen LogP contribution in [0, 0.1) is 0 Å². The number of pyridine rings is 1. The minimum atomic E-state index is 0.720. The largest absolute Gasteiger partial charge is 0.257 e. The summed E-state index contributed by atoms with van der Waals surface area (Å²) in [5.41, 5.74) is 4.24. The number of nitrogens with zero attached hydrogens (tertiary/aromatic N) is 4. The molecule has 2 aromatic carbocycles. The summed E-state index contributed by atoms with van der Waals surface area (Å²) in [6, 6.07) is 26.5. The summed E-state index contributed by atoms with van der Waals surface area (Å²) < 4.78 is 1.90. The minimum Gasteiger partial charge on any atom is -0.257 e. The van der Waals surface area contributed by atoms with Crippen molar-refractivity contribution in [3.63, 3.8) is 0 Å². The number of rotatable bonds is 6. The molecular formula is C23H20N4S. The fourth-order valence-electron chi connectivity index (χ4n) is 2.82. The Morgan fingerprint density at radius 1 is 0.893 bits per heavy atom. The van der Waals surface area contributed by atoms with Crippen molar-refractivity contribution < 1.29 is 0 Å². The van der Waals surface area contributed by atoms with Gasteiger partial charge in [-0.2, -0.15) is 5.10 Å². The highest BCUT2D eigenvalue weighted by Gasteiger charge is 2.07. The summed E-state index contributed by atoms with van der Waals surface area (Å²) in [7, 11) is 0. The normalized spacial score (nSPS) is 11.9. The molecule has 0 saturated heterocycles. The summed E-state index contributed by atoms with van der Waals surface area (Å²) in [5, 5.41) is 6.79. The van der Waals surface area contributed by atoms with Gasteiger partial charge in [0.15, 0.2) is 0 Å². The lowest BCUT2D eigenvalue weighted by molar-refractivity contribution is 0.816. The van der Waals surface area contributed by atoms with E-state index in [1.54, 1.807) is 23.7 Å². The molecule has 0 unspecified atom stereocenters. The van der Waals surface area contributed by atoms with Crippen molar-refractivity contribution >= 4 is 17.6 Å². The molecule has 0 saturated carbocycles. The molecule has 0 amide bonds. The van der Waals surface area contributed by atoms with Gasteiger partial charge in [0.05, 0.1) is 17.6 Å². The standard InChI is InChI=1S/C23H20N4S/c1-3-9-19(10-4-1)14-16-25-23-27(26-17-21-13-7-8-15-24-21)22(18-28-23)20-11-5-2-6-12-20/h1-13,15,17-18H,14,16H2/b25-23?,26-17+. The van der Waals surface area contributed by atoms with Crippen LogP contribution in [0.1, 0.15) is 11.3 Å². The van der Waals surface area contributed by atoms with Gasteiger partial charge in [0.2, 0.25) is 4.80 Å². The molecule has 2 heterocycles. The van der Waals surface area contributed by atoms with Crippen LogP contribution < -0.4 is 4.80 Å². The van der Waals surface area contributed by atoms with Crippen molar-refractivity contribution in [2.45, 2.75) is 6.42 Å². The zero-order chi connectivity index (χ0) is 19.0. The van der Waals surface area contributed by atoms with E-state index in [4.69, 9.17) is 4.99 Å². The quantitative estimate of drug-likeness (QED) is 0.447. The first-order valence-corrected chi connectivity index (χ1v) is 10.0. The first kappa shape index (κ1) is 18.1. The Bertz CT molecular complexity index is 1100. The molecule has 0 aliphatic heterocycles. The monoisotopic (exact) mass is 384 g/mol. The van der Waals surface area contributed by atoms with E-state index in [9.17, 15) is 0 Å². The van der Waals surface area contributed by atoms with Gasteiger partial charge in [0, 0.05) is 23.7 Å². The SMILES string of the molecule is C(=N\n1c(-c2ccccc2)csc1=NCCc1ccccc1)/c1ccccn1. The van der Waals surface area contributed by atoms with Crippen LogP contribution in [-0.2, 0) is 6.42 Å². The zero-order valence-corrected chi connectivity index (χ0v) is 16.2. The van der Waals surface area contributed by atoms with Crippen LogP contribution in [0.2, 0.25) is 0 Å². The lowest BCUT2D eigenvalue weighted by Crippen LogP contribution is -2.13. The minimum absolute atomic E-state index is 0.720. The first-order valence-electron chi connectivity index (χ1n) is 9.16. The van der Waals surface area contributed by atoms with Gasteiger partial charge in [-0.1, -0.05) is 66.7 Å². The topological polar surface area (TPSA) is 42.5 Å². The Morgan fingerprint density at radius 3 is 2.39 bits per heavy atom. The fraction of sp³-hybridized carbons (Fsp3) is 0.0870. The van der Waals surface area contributed by atoms with E-state index in [-0.39, 0.29) is 0 Å². The summed E-state index contributed by atoms with van der Waals surface area (Å²) in [5.74, 6) is 0. The maximum Gasteiger partial charge on any atom is 0.206 e. The van der Waals surface area contributed by atoms with Crippen LogP contribution in [0.5, 0.6) is 0 Å². The van der Waals surface area contributed by atoms with Crippen molar-refractivity contribution in [3.8, 4) is 11.3 Å². The highest BCUT2D eigenvalue weighted by atomic mass is 32.1. The van der Waals surface area contributed by atoms with Crippen LogP contribution in [0.15, 0.2) is 101 Å². The second-order valence-electron chi connectivity index (χ2n) is 6.20. The average molecular weight is 385 g/mol. The molecule has 0 aliphatic carbocycles. The van der Waals surface area contributed by atoms with Crippen molar-refractivity contribution in [1.29, 1.82) is 0 Å². The maximum atomic E-state index is 4.81. The van der Waals surface area contributed by atoms with Crippen LogP contribution in [0.3, 0.4) is 0 Å². The van der Waals surface area contributed by atoms with Crippen LogP contribution in [0.25, 0.3) is 11.3 Å². The van der Waals surface area contributed by atoms with Crippen LogP contribution in [-0.4, -0.2) is 22.4 Å². The molecule has 5 heteroatoms. The average Bonchev–Trinajstić information content (AvgIpc) is 3.17. The molecule has 0 spiro atoms. The van der Waals surface area contributed by atoms with Gasteiger partial charge in [-0.05, 0) is 24.1 Å².